The molecule has 0 bridgehead atoms. The summed E-state index contributed by atoms with van der Waals surface area (Å²) in [6.07, 6.45) is 8.46. The zero-order chi connectivity index (χ0) is 8.36. The Labute approximate surface area is 74.6 Å². The van der Waals surface area contributed by atoms with E-state index in [1.807, 2.05) is 12.2 Å². The van der Waals surface area contributed by atoms with Crippen LogP contribution in [-0.2, 0) is 0 Å². The topological polar surface area (TPSA) is 0 Å². The number of unbranched alkanes of at least 4 members (excludes halogenated alkanes) is 3. The lowest BCUT2D eigenvalue weighted by Gasteiger charge is -1.87. The van der Waals surface area contributed by atoms with Crippen LogP contribution in [0.3, 0.4) is 0 Å². The van der Waals surface area contributed by atoms with Crippen LogP contribution in [0.1, 0.15) is 32.6 Å². The Bertz CT molecular complexity index is 148. The third-order valence-corrected chi connectivity index (χ3v) is 1.48. The largest absolute Gasteiger partial charge is 0.122 e. The maximum Gasteiger partial charge on any atom is 0.0413 e. The first-order valence-corrected chi connectivity index (χ1v) is 4.64. The maximum absolute atomic E-state index is 5.41. The molecule has 11 heavy (non-hydrogen) atoms. The summed E-state index contributed by atoms with van der Waals surface area (Å²) in [5, 5.41) is 0. The standard InChI is InChI=1S/C10H15Cl/c1-2-3-4-5-6-7-8-9-10-11/h8-9H,2-5,10H2,1H3/b9-8+. The van der Waals surface area contributed by atoms with E-state index in [0.717, 1.165) is 6.42 Å². The summed E-state index contributed by atoms with van der Waals surface area (Å²) in [5.41, 5.74) is 0. The predicted molar refractivity (Wildman–Crippen MR) is 51.8 cm³/mol. The molecule has 0 unspecified atom stereocenters. The van der Waals surface area contributed by atoms with Crippen molar-refractivity contribution >= 4 is 11.6 Å². The van der Waals surface area contributed by atoms with Gasteiger partial charge in [0.15, 0.2) is 0 Å². The second-order valence-corrected chi connectivity index (χ2v) is 2.64. The lowest BCUT2D eigenvalue weighted by Crippen LogP contribution is -1.70. The highest BCUT2D eigenvalue weighted by molar-refractivity contribution is 6.18. The van der Waals surface area contributed by atoms with Gasteiger partial charge in [-0.1, -0.05) is 37.7 Å². The second kappa shape index (κ2) is 9.59. The number of hydrogen-bond acceptors (Lipinski definition) is 0. The third kappa shape index (κ3) is 9.59. The van der Waals surface area contributed by atoms with Crippen LogP contribution in [0.4, 0.5) is 0 Å². The van der Waals surface area contributed by atoms with Crippen molar-refractivity contribution in [3.63, 3.8) is 0 Å². The Balaban J connectivity index is 3.19. The third-order valence-electron chi connectivity index (χ3n) is 1.30. The van der Waals surface area contributed by atoms with Crippen LogP contribution in [0.2, 0.25) is 0 Å². The fraction of sp³-hybridized carbons (Fsp3) is 0.600. The van der Waals surface area contributed by atoms with Gasteiger partial charge in [0.05, 0.1) is 0 Å². The van der Waals surface area contributed by atoms with E-state index >= 15 is 0 Å². The smallest absolute Gasteiger partial charge is 0.0413 e. The first kappa shape index (κ1) is 10.6. The van der Waals surface area contributed by atoms with E-state index in [0.29, 0.717) is 5.88 Å². The summed E-state index contributed by atoms with van der Waals surface area (Å²) < 4.78 is 0. The molecule has 0 aliphatic carbocycles. The van der Waals surface area contributed by atoms with Crippen molar-refractivity contribution in [3.8, 4) is 11.8 Å². The average molecular weight is 171 g/mol. The van der Waals surface area contributed by atoms with Crippen molar-refractivity contribution in [2.75, 3.05) is 5.88 Å². The molecule has 0 aliphatic rings. The Kier molecular flexibility index (Phi) is 9.23. The average Bonchev–Trinajstić information content (AvgIpc) is 2.03. The van der Waals surface area contributed by atoms with Crippen molar-refractivity contribution in [3.05, 3.63) is 12.2 Å². The molecule has 1 heteroatoms. The van der Waals surface area contributed by atoms with Crippen molar-refractivity contribution in [2.24, 2.45) is 0 Å². The van der Waals surface area contributed by atoms with Gasteiger partial charge < -0.3 is 0 Å². The molecule has 0 aromatic rings. The van der Waals surface area contributed by atoms with Gasteiger partial charge in [-0.2, -0.15) is 0 Å². The summed E-state index contributed by atoms with van der Waals surface area (Å²) in [4.78, 5) is 0. The van der Waals surface area contributed by atoms with Gasteiger partial charge in [0.2, 0.25) is 0 Å². The monoisotopic (exact) mass is 170 g/mol. The molecule has 0 nitrogen and oxygen atoms in total. The van der Waals surface area contributed by atoms with Crippen LogP contribution < -0.4 is 0 Å². The molecule has 0 radical (unpaired) electrons. The fourth-order valence-corrected chi connectivity index (χ4v) is 0.787. The molecule has 0 aromatic heterocycles. The van der Waals surface area contributed by atoms with Gasteiger partial charge in [-0.15, -0.1) is 11.6 Å². The van der Waals surface area contributed by atoms with Crippen LogP contribution in [-0.4, -0.2) is 5.88 Å². The summed E-state index contributed by atoms with van der Waals surface area (Å²) in [5.74, 6) is 6.55. The van der Waals surface area contributed by atoms with Crippen LogP contribution >= 0.6 is 11.6 Å². The zero-order valence-corrected chi connectivity index (χ0v) is 7.82. The number of halogens is 1. The van der Waals surface area contributed by atoms with Gasteiger partial charge >= 0.3 is 0 Å². The first-order valence-electron chi connectivity index (χ1n) is 4.11. The first-order chi connectivity index (χ1) is 5.41. The molecule has 0 aromatic carbocycles. The van der Waals surface area contributed by atoms with E-state index in [1.165, 1.54) is 19.3 Å². The van der Waals surface area contributed by atoms with Gasteiger partial charge in [0.1, 0.15) is 0 Å². The number of alkyl halides is 1. The molecular weight excluding hydrogens is 156 g/mol. The molecule has 0 saturated carbocycles. The SMILES string of the molecule is CCCCCC#C/C=C/CCl. The number of rotatable bonds is 4. The summed E-state index contributed by atoms with van der Waals surface area (Å²) in [6.45, 7) is 2.20. The minimum Gasteiger partial charge on any atom is -0.122 e. The van der Waals surface area contributed by atoms with Crippen molar-refractivity contribution in [2.45, 2.75) is 32.6 Å². The Morgan fingerprint density at radius 3 is 2.82 bits per heavy atom. The molecular formula is C10H15Cl. The van der Waals surface area contributed by atoms with E-state index in [4.69, 9.17) is 11.6 Å². The molecule has 0 rings (SSSR count). The molecule has 0 heterocycles. The lowest BCUT2D eigenvalue weighted by molar-refractivity contribution is 0.737. The molecule has 0 aliphatic heterocycles. The van der Waals surface area contributed by atoms with Gasteiger partial charge in [-0.05, 0) is 12.5 Å². The number of hydrogen-bond donors (Lipinski definition) is 0. The van der Waals surface area contributed by atoms with Crippen molar-refractivity contribution < 1.29 is 0 Å². The lowest BCUT2D eigenvalue weighted by atomic mass is 10.2. The van der Waals surface area contributed by atoms with E-state index in [1.54, 1.807) is 0 Å². The van der Waals surface area contributed by atoms with E-state index in [-0.39, 0.29) is 0 Å². The molecule has 0 spiro atoms. The Morgan fingerprint density at radius 2 is 2.18 bits per heavy atom. The highest BCUT2D eigenvalue weighted by Gasteiger charge is 1.79. The van der Waals surface area contributed by atoms with Gasteiger partial charge in [0, 0.05) is 12.3 Å². The predicted octanol–water partition coefficient (Wildman–Crippen LogP) is 3.37. The van der Waals surface area contributed by atoms with Crippen LogP contribution in [0.25, 0.3) is 0 Å². The molecule has 0 N–H and O–H groups in total. The maximum atomic E-state index is 5.41. The quantitative estimate of drug-likeness (QED) is 0.345. The van der Waals surface area contributed by atoms with Crippen LogP contribution in [0, 0.1) is 11.8 Å². The fourth-order valence-electron chi connectivity index (χ4n) is 0.698. The van der Waals surface area contributed by atoms with Crippen LogP contribution in [0.15, 0.2) is 12.2 Å². The minimum atomic E-state index is 0.559. The Hall–Kier alpha value is -0.410. The van der Waals surface area contributed by atoms with E-state index in [2.05, 4.69) is 18.8 Å². The zero-order valence-electron chi connectivity index (χ0n) is 7.07. The number of allylic oxidation sites excluding steroid dienone is 2. The molecule has 0 fully saturated rings. The van der Waals surface area contributed by atoms with E-state index in [9.17, 15) is 0 Å². The normalized spacial score (nSPS) is 9.64. The molecule has 62 valence electrons. The second-order valence-electron chi connectivity index (χ2n) is 2.33. The molecule has 0 saturated heterocycles. The summed E-state index contributed by atoms with van der Waals surface area (Å²) in [6, 6.07) is 0. The highest BCUT2D eigenvalue weighted by atomic mass is 35.5. The van der Waals surface area contributed by atoms with Gasteiger partial charge in [-0.3, -0.25) is 0 Å². The molecule has 0 amide bonds. The minimum absolute atomic E-state index is 0.559. The summed E-state index contributed by atoms with van der Waals surface area (Å²) >= 11 is 5.41. The highest BCUT2D eigenvalue weighted by Crippen LogP contribution is 1.96. The van der Waals surface area contributed by atoms with Crippen molar-refractivity contribution in [1.29, 1.82) is 0 Å². The van der Waals surface area contributed by atoms with Crippen molar-refractivity contribution in [1.82, 2.24) is 0 Å². The summed E-state index contributed by atoms with van der Waals surface area (Å²) in [7, 11) is 0. The van der Waals surface area contributed by atoms with Crippen LogP contribution in [0.5, 0.6) is 0 Å². The van der Waals surface area contributed by atoms with Gasteiger partial charge in [-0.25, -0.2) is 0 Å². The Morgan fingerprint density at radius 1 is 1.36 bits per heavy atom. The van der Waals surface area contributed by atoms with E-state index < -0.39 is 0 Å². The van der Waals surface area contributed by atoms with Gasteiger partial charge in [0.25, 0.3) is 0 Å². The molecule has 0 atom stereocenters.